The molecule has 0 N–H and O–H groups in total. The molecule has 18 heavy (non-hydrogen) atoms. The second-order valence-electron chi connectivity index (χ2n) is 3.93. The van der Waals surface area contributed by atoms with Gasteiger partial charge in [-0.1, -0.05) is 0 Å². The molecule has 0 fully saturated rings. The largest absolute Gasteiger partial charge is 0.352 e. The van der Waals surface area contributed by atoms with Crippen LogP contribution in [0.1, 0.15) is 34.1 Å². The van der Waals surface area contributed by atoms with Crippen molar-refractivity contribution >= 4 is 13.2 Å². The fourth-order valence-corrected chi connectivity index (χ4v) is 3.73. The molecular formula is C12H25O5P. The molecule has 0 aliphatic carbocycles. The first-order valence-electron chi connectivity index (χ1n) is 6.42. The average Bonchev–Trinajstić information content (AvgIpc) is 2.27. The van der Waals surface area contributed by atoms with Gasteiger partial charge in [-0.05, 0) is 27.7 Å². The number of Topliss-reactive ketones (excluding diaryl/α,β-unsaturated/α-hetero) is 1. The molecule has 0 aliphatic heterocycles. The summed E-state index contributed by atoms with van der Waals surface area (Å²) in [5, 5.41) is 0. The summed E-state index contributed by atoms with van der Waals surface area (Å²) in [6, 6.07) is 0. The molecule has 0 rings (SSSR count). The second kappa shape index (κ2) is 9.68. The number of rotatable bonds is 11. The SMILES string of the molecule is CCOC(CP(=O)(CCC(C)=O)OCC)OCC. The zero-order valence-electron chi connectivity index (χ0n) is 11.8. The van der Waals surface area contributed by atoms with Crippen LogP contribution in [0.2, 0.25) is 0 Å². The molecule has 6 heteroatoms. The Kier molecular flexibility index (Phi) is 9.56. The summed E-state index contributed by atoms with van der Waals surface area (Å²) in [6.07, 6.45) is 0.203. The molecule has 1 atom stereocenters. The van der Waals surface area contributed by atoms with Crippen molar-refractivity contribution in [2.24, 2.45) is 0 Å². The monoisotopic (exact) mass is 280 g/mol. The summed E-state index contributed by atoms with van der Waals surface area (Å²) in [7, 11) is -2.86. The van der Waals surface area contributed by atoms with Crippen LogP contribution in [-0.4, -0.2) is 44.2 Å². The molecule has 0 heterocycles. The topological polar surface area (TPSA) is 61.8 Å². The smallest absolute Gasteiger partial charge is 0.208 e. The molecule has 0 aromatic rings. The molecule has 5 nitrogen and oxygen atoms in total. The zero-order chi connectivity index (χ0) is 14.0. The Morgan fingerprint density at radius 1 is 1.11 bits per heavy atom. The Morgan fingerprint density at radius 2 is 1.67 bits per heavy atom. The maximum Gasteiger partial charge on any atom is 0.208 e. The molecular weight excluding hydrogens is 255 g/mol. The van der Waals surface area contributed by atoms with Crippen molar-refractivity contribution in [1.29, 1.82) is 0 Å². The van der Waals surface area contributed by atoms with Crippen LogP contribution in [0.15, 0.2) is 0 Å². The minimum atomic E-state index is -2.86. The van der Waals surface area contributed by atoms with Crippen molar-refractivity contribution in [1.82, 2.24) is 0 Å². The number of ether oxygens (including phenoxy) is 2. The summed E-state index contributed by atoms with van der Waals surface area (Å²) >= 11 is 0. The van der Waals surface area contributed by atoms with Crippen molar-refractivity contribution in [2.45, 2.75) is 40.4 Å². The van der Waals surface area contributed by atoms with E-state index >= 15 is 0 Å². The highest BCUT2D eigenvalue weighted by molar-refractivity contribution is 7.59. The molecule has 108 valence electrons. The summed E-state index contributed by atoms with van der Waals surface area (Å²) in [5.74, 6) is 0.0132. The highest BCUT2D eigenvalue weighted by atomic mass is 31.2. The molecule has 0 aliphatic rings. The van der Waals surface area contributed by atoms with E-state index in [4.69, 9.17) is 14.0 Å². The van der Waals surface area contributed by atoms with Gasteiger partial charge < -0.3 is 18.8 Å². The van der Waals surface area contributed by atoms with Crippen molar-refractivity contribution in [3.8, 4) is 0 Å². The Bertz CT molecular complexity index is 274. The van der Waals surface area contributed by atoms with E-state index in [0.717, 1.165) is 0 Å². The molecule has 0 bridgehead atoms. The normalized spacial score (nSPS) is 14.7. The highest BCUT2D eigenvalue weighted by Gasteiger charge is 2.28. The number of carbonyl (C=O) groups is 1. The van der Waals surface area contributed by atoms with Crippen molar-refractivity contribution in [2.75, 3.05) is 32.1 Å². The van der Waals surface area contributed by atoms with Crippen LogP contribution in [0, 0.1) is 0 Å². The second-order valence-corrected chi connectivity index (χ2v) is 6.63. The van der Waals surface area contributed by atoms with Gasteiger partial charge in [0, 0.05) is 25.8 Å². The fourth-order valence-electron chi connectivity index (χ4n) is 1.52. The average molecular weight is 280 g/mol. The molecule has 0 spiro atoms. The Labute approximate surface area is 110 Å². The van der Waals surface area contributed by atoms with Gasteiger partial charge in [0.2, 0.25) is 7.37 Å². The van der Waals surface area contributed by atoms with Crippen LogP contribution in [0.4, 0.5) is 0 Å². The van der Waals surface area contributed by atoms with E-state index in [1.54, 1.807) is 6.92 Å². The zero-order valence-corrected chi connectivity index (χ0v) is 12.7. The summed E-state index contributed by atoms with van der Waals surface area (Å²) in [5.41, 5.74) is 0. The number of carbonyl (C=O) groups excluding carboxylic acids is 1. The predicted molar refractivity (Wildman–Crippen MR) is 71.3 cm³/mol. The van der Waals surface area contributed by atoms with E-state index in [-0.39, 0.29) is 24.5 Å². The fraction of sp³-hybridized carbons (Fsp3) is 0.917. The molecule has 1 unspecified atom stereocenters. The Morgan fingerprint density at radius 3 is 2.06 bits per heavy atom. The third-order valence-electron chi connectivity index (χ3n) is 2.30. The molecule has 0 aromatic carbocycles. The van der Waals surface area contributed by atoms with Gasteiger partial charge in [0.1, 0.15) is 5.78 Å². The Balaban J connectivity index is 4.53. The van der Waals surface area contributed by atoms with E-state index < -0.39 is 13.7 Å². The first kappa shape index (κ1) is 17.8. The van der Waals surface area contributed by atoms with E-state index in [0.29, 0.717) is 19.8 Å². The lowest BCUT2D eigenvalue weighted by atomic mass is 10.4. The van der Waals surface area contributed by atoms with Gasteiger partial charge in [-0.2, -0.15) is 0 Å². The lowest BCUT2D eigenvalue weighted by molar-refractivity contribution is -0.122. The maximum absolute atomic E-state index is 12.5. The minimum Gasteiger partial charge on any atom is -0.352 e. The molecule has 0 aromatic heterocycles. The van der Waals surface area contributed by atoms with Crippen molar-refractivity contribution in [3.63, 3.8) is 0 Å². The van der Waals surface area contributed by atoms with Crippen LogP contribution in [0.25, 0.3) is 0 Å². The first-order valence-corrected chi connectivity index (χ1v) is 8.42. The number of hydrogen-bond acceptors (Lipinski definition) is 5. The van der Waals surface area contributed by atoms with E-state index in [1.807, 2.05) is 13.8 Å². The minimum absolute atomic E-state index is 0.0132. The number of hydrogen-bond donors (Lipinski definition) is 0. The first-order chi connectivity index (χ1) is 8.47. The summed E-state index contributed by atoms with van der Waals surface area (Å²) < 4.78 is 28.6. The van der Waals surface area contributed by atoms with Crippen molar-refractivity contribution < 1.29 is 23.4 Å². The van der Waals surface area contributed by atoms with Gasteiger partial charge in [-0.25, -0.2) is 0 Å². The summed E-state index contributed by atoms with van der Waals surface area (Å²) in [4.78, 5) is 11.0. The molecule has 0 saturated heterocycles. The quantitative estimate of drug-likeness (QED) is 0.430. The van der Waals surface area contributed by atoms with Gasteiger partial charge in [0.05, 0.1) is 12.8 Å². The lowest BCUT2D eigenvalue weighted by Crippen LogP contribution is -2.23. The van der Waals surface area contributed by atoms with E-state index in [1.165, 1.54) is 6.92 Å². The molecule has 0 amide bonds. The van der Waals surface area contributed by atoms with Gasteiger partial charge in [-0.3, -0.25) is 4.57 Å². The van der Waals surface area contributed by atoms with Crippen molar-refractivity contribution in [3.05, 3.63) is 0 Å². The summed E-state index contributed by atoms with van der Waals surface area (Å²) in [6.45, 7) is 8.32. The third-order valence-corrected chi connectivity index (χ3v) is 4.79. The Hall–Kier alpha value is -0.220. The van der Waals surface area contributed by atoms with E-state index in [9.17, 15) is 9.36 Å². The van der Waals surface area contributed by atoms with Gasteiger partial charge in [-0.15, -0.1) is 0 Å². The van der Waals surface area contributed by atoms with Crippen LogP contribution in [0.3, 0.4) is 0 Å². The third kappa shape index (κ3) is 7.98. The standard InChI is InChI=1S/C12H25O5P/c1-5-15-12(16-6-2)10-18(14,17-7-3)9-8-11(4)13/h12H,5-10H2,1-4H3. The highest BCUT2D eigenvalue weighted by Crippen LogP contribution is 2.48. The maximum atomic E-state index is 12.5. The lowest BCUT2D eigenvalue weighted by Gasteiger charge is -2.23. The van der Waals surface area contributed by atoms with Crippen LogP contribution < -0.4 is 0 Å². The predicted octanol–water partition coefficient (Wildman–Crippen LogP) is 2.68. The van der Waals surface area contributed by atoms with Gasteiger partial charge in [0.15, 0.2) is 6.29 Å². The van der Waals surface area contributed by atoms with E-state index in [2.05, 4.69) is 0 Å². The molecule has 0 radical (unpaired) electrons. The number of ketones is 1. The van der Waals surface area contributed by atoms with Crippen LogP contribution in [0.5, 0.6) is 0 Å². The van der Waals surface area contributed by atoms with Gasteiger partial charge >= 0.3 is 0 Å². The van der Waals surface area contributed by atoms with Crippen LogP contribution in [-0.2, 0) is 23.4 Å². The molecule has 0 saturated carbocycles. The van der Waals surface area contributed by atoms with Gasteiger partial charge in [0.25, 0.3) is 0 Å². The van der Waals surface area contributed by atoms with Crippen LogP contribution >= 0.6 is 7.37 Å².